The largest absolute Gasteiger partial charge is 0.355 e. The van der Waals surface area contributed by atoms with Crippen molar-refractivity contribution in [2.75, 3.05) is 12.3 Å². The second kappa shape index (κ2) is 7.60. The number of aromatic nitrogens is 4. The summed E-state index contributed by atoms with van der Waals surface area (Å²) in [5.41, 5.74) is 1.33. The van der Waals surface area contributed by atoms with Crippen molar-refractivity contribution in [1.29, 1.82) is 0 Å². The molecule has 2 aromatic heterocycles. The van der Waals surface area contributed by atoms with E-state index >= 15 is 0 Å². The van der Waals surface area contributed by atoms with Crippen molar-refractivity contribution in [2.24, 2.45) is 5.92 Å². The van der Waals surface area contributed by atoms with Gasteiger partial charge in [-0.2, -0.15) is 5.10 Å². The Morgan fingerprint density at radius 3 is 2.76 bits per heavy atom. The Kier molecular flexibility index (Phi) is 5.28. The van der Waals surface area contributed by atoms with Crippen molar-refractivity contribution < 1.29 is 9.18 Å². The standard InChI is InChI=1S/C17H18FN5OS/c1-11(2)7-19-15(24)9-25-17-14-8-22-23(16(14)20-10-21-17)13-5-3-12(18)4-6-13/h3-6,8,10-11H,7,9H2,1-2H3,(H,19,24). The molecule has 3 rings (SSSR count). The highest BCUT2D eigenvalue weighted by atomic mass is 32.2. The van der Waals surface area contributed by atoms with Gasteiger partial charge in [-0.25, -0.2) is 19.0 Å². The minimum Gasteiger partial charge on any atom is -0.355 e. The maximum absolute atomic E-state index is 13.1. The summed E-state index contributed by atoms with van der Waals surface area (Å²) in [5, 5.41) is 8.65. The number of carbonyl (C=O) groups excluding carboxylic acids is 1. The predicted molar refractivity (Wildman–Crippen MR) is 95.2 cm³/mol. The highest BCUT2D eigenvalue weighted by Gasteiger charge is 2.13. The Labute approximate surface area is 148 Å². The zero-order chi connectivity index (χ0) is 17.8. The number of nitrogens with one attached hydrogen (secondary N) is 1. The Bertz CT molecular complexity index is 878. The van der Waals surface area contributed by atoms with Crippen LogP contribution in [0.4, 0.5) is 4.39 Å². The first kappa shape index (κ1) is 17.3. The smallest absolute Gasteiger partial charge is 0.230 e. The van der Waals surface area contributed by atoms with E-state index in [-0.39, 0.29) is 17.5 Å². The van der Waals surface area contributed by atoms with Crippen LogP contribution in [0.3, 0.4) is 0 Å². The van der Waals surface area contributed by atoms with Crippen LogP contribution < -0.4 is 5.32 Å². The topological polar surface area (TPSA) is 72.7 Å². The molecule has 1 N–H and O–H groups in total. The van der Waals surface area contributed by atoms with E-state index in [0.717, 1.165) is 5.39 Å². The Morgan fingerprint density at radius 2 is 2.04 bits per heavy atom. The maximum Gasteiger partial charge on any atom is 0.230 e. The molecule has 0 aliphatic carbocycles. The van der Waals surface area contributed by atoms with Crippen LogP contribution in [0, 0.1) is 11.7 Å². The molecule has 3 aromatic rings. The summed E-state index contributed by atoms with van der Waals surface area (Å²) in [6.45, 7) is 4.75. The third-order valence-corrected chi connectivity index (χ3v) is 4.45. The lowest BCUT2D eigenvalue weighted by Crippen LogP contribution is -2.28. The van der Waals surface area contributed by atoms with E-state index in [1.807, 2.05) is 13.8 Å². The van der Waals surface area contributed by atoms with Gasteiger partial charge in [0.25, 0.3) is 0 Å². The Balaban J connectivity index is 1.79. The summed E-state index contributed by atoms with van der Waals surface area (Å²) < 4.78 is 14.7. The fraction of sp³-hybridized carbons (Fsp3) is 0.294. The number of hydrogen-bond acceptors (Lipinski definition) is 5. The summed E-state index contributed by atoms with van der Waals surface area (Å²) in [6, 6.07) is 6.02. The minimum absolute atomic E-state index is 0.0311. The van der Waals surface area contributed by atoms with Crippen LogP contribution in [0.1, 0.15) is 13.8 Å². The lowest BCUT2D eigenvalue weighted by molar-refractivity contribution is -0.118. The number of amides is 1. The molecule has 0 aliphatic rings. The van der Waals surface area contributed by atoms with Gasteiger partial charge in [0.2, 0.25) is 5.91 Å². The van der Waals surface area contributed by atoms with Crippen molar-refractivity contribution >= 4 is 28.7 Å². The normalized spacial score (nSPS) is 11.2. The van der Waals surface area contributed by atoms with E-state index in [0.29, 0.717) is 28.8 Å². The molecule has 25 heavy (non-hydrogen) atoms. The van der Waals surface area contributed by atoms with Gasteiger partial charge in [0.15, 0.2) is 5.65 Å². The van der Waals surface area contributed by atoms with Gasteiger partial charge in [-0.15, -0.1) is 0 Å². The predicted octanol–water partition coefficient (Wildman–Crippen LogP) is 2.82. The average Bonchev–Trinajstić information content (AvgIpc) is 3.03. The molecule has 0 atom stereocenters. The Morgan fingerprint density at radius 1 is 1.28 bits per heavy atom. The molecule has 0 radical (unpaired) electrons. The summed E-state index contributed by atoms with van der Waals surface area (Å²) >= 11 is 1.34. The zero-order valence-electron chi connectivity index (χ0n) is 13.9. The third kappa shape index (κ3) is 4.14. The summed E-state index contributed by atoms with van der Waals surface area (Å²) in [6.07, 6.45) is 3.10. The van der Waals surface area contributed by atoms with Crippen molar-refractivity contribution in [3.05, 3.63) is 42.6 Å². The van der Waals surface area contributed by atoms with Crippen LogP contribution in [0.25, 0.3) is 16.7 Å². The van der Waals surface area contributed by atoms with E-state index < -0.39 is 0 Å². The van der Waals surface area contributed by atoms with Gasteiger partial charge in [0.05, 0.1) is 23.0 Å². The van der Waals surface area contributed by atoms with Crippen LogP contribution in [0.2, 0.25) is 0 Å². The van der Waals surface area contributed by atoms with Gasteiger partial charge in [0.1, 0.15) is 17.2 Å². The first-order valence-electron chi connectivity index (χ1n) is 7.89. The molecule has 0 bridgehead atoms. The maximum atomic E-state index is 13.1. The van der Waals surface area contributed by atoms with Crippen LogP contribution in [0.5, 0.6) is 0 Å². The number of thioether (sulfide) groups is 1. The van der Waals surface area contributed by atoms with Crippen LogP contribution in [-0.2, 0) is 4.79 Å². The number of benzene rings is 1. The molecular formula is C17H18FN5OS. The van der Waals surface area contributed by atoms with Crippen molar-refractivity contribution in [1.82, 2.24) is 25.1 Å². The van der Waals surface area contributed by atoms with Gasteiger partial charge < -0.3 is 5.32 Å². The molecule has 0 aliphatic heterocycles. The van der Waals surface area contributed by atoms with Gasteiger partial charge in [0, 0.05) is 6.54 Å². The number of hydrogen-bond donors (Lipinski definition) is 1. The number of rotatable bonds is 6. The number of carbonyl (C=O) groups is 1. The second-order valence-corrected chi connectivity index (χ2v) is 6.90. The van der Waals surface area contributed by atoms with Crippen LogP contribution in [0.15, 0.2) is 41.8 Å². The molecule has 130 valence electrons. The van der Waals surface area contributed by atoms with E-state index in [2.05, 4.69) is 20.4 Å². The monoisotopic (exact) mass is 359 g/mol. The highest BCUT2D eigenvalue weighted by molar-refractivity contribution is 8.00. The molecular weight excluding hydrogens is 341 g/mol. The average molecular weight is 359 g/mol. The highest BCUT2D eigenvalue weighted by Crippen LogP contribution is 2.25. The second-order valence-electron chi connectivity index (χ2n) is 5.94. The summed E-state index contributed by atoms with van der Waals surface area (Å²) in [7, 11) is 0. The van der Waals surface area contributed by atoms with Crippen LogP contribution in [-0.4, -0.2) is 38.0 Å². The first-order valence-corrected chi connectivity index (χ1v) is 8.87. The van der Waals surface area contributed by atoms with Crippen molar-refractivity contribution in [2.45, 2.75) is 18.9 Å². The molecule has 0 saturated carbocycles. The van der Waals surface area contributed by atoms with E-state index in [1.165, 1.54) is 30.2 Å². The lowest BCUT2D eigenvalue weighted by Gasteiger charge is -2.07. The molecule has 0 fully saturated rings. The Hall–Kier alpha value is -2.48. The zero-order valence-corrected chi connectivity index (χ0v) is 14.8. The third-order valence-electron chi connectivity index (χ3n) is 3.45. The first-order chi connectivity index (χ1) is 12.0. The quantitative estimate of drug-likeness (QED) is 0.541. The van der Waals surface area contributed by atoms with Gasteiger partial charge >= 0.3 is 0 Å². The van der Waals surface area contributed by atoms with Gasteiger partial charge in [-0.05, 0) is 30.2 Å². The lowest BCUT2D eigenvalue weighted by atomic mass is 10.2. The van der Waals surface area contributed by atoms with Crippen molar-refractivity contribution in [3.8, 4) is 5.69 Å². The van der Waals surface area contributed by atoms with Crippen LogP contribution >= 0.6 is 11.8 Å². The molecule has 6 nitrogen and oxygen atoms in total. The van der Waals surface area contributed by atoms with E-state index in [4.69, 9.17) is 0 Å². The molecule has 0 saturated heterocycles. The van der Waals surface area contributed by atoms with E-state index in [9.17, 15) is 9.18 Å². The fourth-order valence-electron chi connectivity index (χ4n) is 2.21. The van der Waals surface area contributed by atoms with E-state index in [1.54, 1.807) is 23.0 Å². The number of halogens is 1. The number of fused-ring (bicyclic) bond motifs is 1. The van der Waals surface area contributed by atoms with Gasteiger partial charge in [-0.1, -0.05) is 25.6 Å². The molecule has 1 aromatic carbocycles. The SMILES string of the molecule is CC(C)CNC(=O)CSc1ncnc2c1cnn2-c1ccc(F)cc1. The minimum atomic E-state index is -0.307. The summed E-state index contributed by atoms with van der Waals surface area (Å²) in [4.78, 5) is 20.4. The summed E-state index contributed by atoms with van der Waals surface area (Å²) in [5.74, 6) is 0.351. The molecule has 0 unspecified atom stereocenters. The molecule has 0 spiro atoms. The molecule has 1 amide bonds. The van der Waals surface area contributed by atoms with Gasteiger partial charge in [-0.3, -0.25) is 4.79 Å². The molecule has 2 heterocycles. The number of nitrogens with zero attached hydrogens (tertiary/aromatic N) is 4. The fourth-order valence-corrected chi connectivity index (χ4v) is 3.00. The molecule has 8 heteroatoms. The van der Waals surface area contributed by atoms with Crippen molar-refractivity contribution in [3.63, 3.8) is 0 Å².